The quantitative estimate of drug-likeness (QED) is 0.165. The second kappa shape index (κ2) is 23.9. The lowest BCUT2D eigenvalue weighted by Gasteiger charge is -2.28. The fraction of sp³-hybridized carbons (Fsp3) is 0.489. The fourth-order valence-corrected chi connectivity index (χ4v) is 8.43. The Morgan fingerprint density at radius 1 is 0.952 bits per heavy atom. The van der Waals surface area contributed by atoms with Crippen molar-refractivity contribution >= 4 is 44.6 Å². The molecule has 1 aromatic carbocycles. The third kappa shape index (κ3) is 14.9. The number of terminal acetylenes is 2. The summed E-state index contributed by atoms with van der Waals surface area (Å²) >= 11 is 0. The van der Waals surface area contributed by atoms with E-state index in [2.05, 4.69) is 75.3 Å². The third-order valence-electron chi connectivity index (χ3n) is 10.0. The van der Waals surface area contributed by atoms with E-state index in [9.17, 15) is 32.4 Å². The molecule has 334 valence electrons. The molecule has 1 saturated carbocycles. The van der Waals surface area contributed by atoms with Gasteiger partial charge in [0.1, 0.15) is 17.8 Å². The number of benzene rings is 1. The molecular weight excluding hydrogens is 809 g/mol. The van der Waals surface area contributed by atoms with E-state index in [1.807, 2.05) is 35.1 Å². The minimum absolute atomic E-state index is 0.0370. The van der Waals surface area contributed by atoms with E-state index in [1.54, 1.807) is 17.2 Å². The lowest BCUT2D eigenvalue weighted by molar-refractivity contribution is -0.141. The molecule has 0 radical (unpaired) electrons. The van der Waals surface area contributed by atoms with Gasteiger partial charge in [-0.2, -0.15) is 0 Å². The van der Waals surface area contributed by atoms with Gasteiger partial charge in [0.15, 0.2) is 0 Å². The van der Waals surface area contributed by atoms with E-state index >= 15 is 0 Å². The summed E-state index contributed by atoms with van der Waals surface area (Å²) in [5, 5.41) is 3.04. The maximum absolute atomic E-state index is 12.9. The van der Waals surface area contributed by atoms with Crippen LogP contribution in [-0.4, -0.2) is 95.4 Å². The van der Waals surface area contributed by atoms with Gasteiger partial charge < -0.3 is 24.8 Å². The molecule has 0 bridgehead atoms. The maximum Gasteiger partial charge on any atom is 0.256 e. The van der Waals surface area contributed by atoms with Gasteiger partial charge in [0.05, 0.1) is 23.1 Å². The van der Waals surface area contributed by atoms with E-state index in [0.29, 0.717) is 44.2 Å². The van der Waals surface area contributed by atoms with Crippen molar-refractivity contribution < 1.29 is 32.3 Å². The molecule has 4 aliphatic rings. The van der Waals surface area contributed by atoms with Crippen molar-refractivity contribution in [2.45, 2.75) is 116 Å². The number of pyridine rings is 2. The van der Waals surface area contributed by atoms with Gasteiger partial charge in [-0.3, -0.25) is 33.7 Å². The molecule has 2 atom stereocenters. The zero-order valence-corrected chi connectivity index (χ0v) is 37.3. The van der Waals surface area contributed by atoms with Crippen molar-refractivity contribution in [2.24, 2.45) is 5.41 Å². The van der Waals surface area contributed by atoms with E-state index in [1.165, 1.54) is 11.0 Å². The number of likely N-dealkylation sites (tertiary alicyclic amines) is 2. The number of nitrogens with zero attached hydrogens (tertiary/aromatic N) is 3. The molecule has 1 aliphatic carbocycles. The van der Waals surface area contributed by atoms with Gasteiger partial charge in [0.25, 0.3) is 5.91 Å². The Hall–Kier alpha value is -5.93. The Bertz CT molecular complexity index is 2210. The Morgan fingerprint density at radius 3 is 2.23 bits per heavy atom. The highest BCUT2D eigenvalue weighted by molar-refractivity contribution is 7.90. The van der Waals surface area contributed by atoms with Crippen molar-refractivity contribution in [3.8, 4) is 42.7 Å². The molecule has 5 heterocycles. The zero-order valence-electron chi connectivity index (χ0n) is 36.5. The lowest BCUT2D eigenvalue weighted by Crippen LogP contribution is -2.54. The van der Waals surface area contributed by atoms with Crippen LogP contribution in [0.3, 0.4) is 0 Å². The number of hydrogen-bond acceptors (Lipinski definition) is 9. The number of fused-ring (bicyclic) bond motifs is 3. The van der Waals surface area contributed by atoms with Crippen LogP contribution in [0.2, 0.25) is 0 Å². The van der Waals surface area contributed by atoms with Gasteiger partial charge in [0, 0.05) is 67.7 Å². The smallest absolute Gasteiger partial charge is 0.256 e. The van der Waals surface area contributed by atoms with Crippen molar-refractivity contribution in [1.29, 1.82) is 0 Å². The van der Waals surface area contributed by atoms with E-state index < -0.39 is 39.2 Å². The van der Waals surface area contributed by atoms with Gasteiger partial charge >= 0.3 is 0 Å². The summed E-state index contributed by atoms with van der Waals surface area (Å²) in [5.74, 6) is -0.750. The number of nitrogens with one attached hydrogen (secondary N) is 3. The Labute approximate surface area is 366 Å². The predicted octanol–water partition coefficient (Wildman–Crippen LogP) is 5.52. The number of aromatic nitrogens is 2. The van der Waals surface area contributed by atoms with Crippen LogP contribution in [0.5, 0.6) is 5.75 Å². The number of sulfonamides is 1. The SMILES string of the molecule is C#C.C#C.C=CCC(NC(=O)[C@@H]1CCCN1C(=O)CCC(=O)N1CCCCC1)C(=O)NS(=O)(=O)C1CC1.CC(C)(C)C.O=c1cc(-c2ccccn2)c2ccc3c(c2[nH]1)CCO3. The number of ether oxygens (including phenoxy) is 1. The second-order valence-electron chi connectivity index (χ2n) is 16.8. The van der Waals surface area contributed by atoms with Crippen LogP contribution in [0, 0.1) is 31.1 Å². The maximum atomic E-state index is 12.9. The minimum Gasteiger partial charge on any atom is -0.493 e. The molecule has 14 nitrogen and oxygen atoms in total. The summed E-state index contributed by atoms with van der Waals surface area (Å²) < 4.78 is 31.8. The molecular formula is C47H62N6O8S. The molecule has 7 rings (SSSR count). The van der Waals surface area contributed by atoms with E-state index in [0.717, 1.165) is 72.2 Å². The van der Waals surface area contributed by atoms with Crippen LogP contribution in [0.15, 0.2) is 60.0 Å². The highest BCUT2D eigenvalue weighted by atomic mass is 32.2. The fourth-order valence-electron chi connectivity index (χ4n) is 7.08. The molecule has 3 fully saturated rings. The molecule has 0 spiro atoms. The van der Waals surface area contributed by atoms with Crippen LogP contribution < -0.4 is 20.3 Å². The number of rotatable bonds is 11. The Morgan fingerprint density at radius 2 is 1.61 bits per heavy atom. The van der Waals surface area contributed by atoms with Crippen molar-refractivity contribution in [2.75, 3.05) is 26.2 Å². The standard InChI is InChI=1S/C22H34N4O6S.C16H12N2O2.C5H12.2C2H2/c1-2-7-17(21(29)24-33(31,32)16-9-10-16)23-22(30)18-8-6-15-26(18)20(28)12-11-19(27)25-13-4-3-5-14-25;19-15-9-12(13-3-1-2-7-17-13)10-4-5-14-11(6-8-20-14)16(10)18-15;1-5(2,3)4;2*1-2/h2,16-18H,1,3-15H2,(H,23,30)(H,24,29);1-5,7,9H,6,8H2,(H,18,19);1-4H3;2*1-2H/t17?,18-;;;;/m0..../s1. The van der Waals surface area contributed by atoms with Crippen molar-refractivity contribution in [3.05, 3.63) is 71.2 Å². The summed E-state index contributed by atoms with van der Waals surface area (Å²) in [6.45, 7) is 14.9. The number of piperidine rings is 1. The average molecular weight is 871 g/mol. The topological polar surface area (TPSA) is 188 Å². The zero-order chi connectivity index (χ0) is 46.0. The van der Waals surface area contributed by atoms with Crippen LogP contribution >= 0.6 is 0 Å². The minimum atomic E-state index is -3.74. The number of amides is 4. The van der Waals surface area contributed by atoms with Gasteiger partial charge in [-0.1, -0.05) is 39.8 Å². The van der Waals surface area contributed by atoms with E-state index in [4.69, 9.17) is 4.74 Å². The molecule has 62 heavy (non-hydrogen) atoms. The third-order valence-corrected chi connectivity index (χ3v) is 11.8. The molecule has 4 amide bonds. The Kier molecular flexibility index (Phi) is 19.4. The number of H-pyrrole nitrogens is 1. The summed E-state index contributed by atoms with van der Waals surface area (Å²) in [6, 6.07) is 9.42. The monoisotopic (exact) mass is 870 g/mol. The van der Waals surface area contributed by atoms with Crippen LogP contribution in [0.25, 0.3) is 22.2 Å². The summed E-state index contributed by atoms with van der Waals surface area (Å²) in [6.07, 6.45) is 25.4. The van der Waals surface area contributed by atoms with Crippen LogP contribution in [-0.2, 0) is 35.6 Å². The van der Waals surface area contributed by atoms with Crippen LogP contribution in [0.4, 0.5) is 0 Å². The first kappa shape index (κ1) is 50.4. The molecule has 1 unspecified atom stereocenters. The molecule has 15 heteroatoms. The van der Waals surface area contributed by atoms with Crippen LogP contribution in [0.1, 0.15) is 97.5 Å². The predicted molar refractivity (Wildman–Crippen MR) is 243 cm³/mol. The molecule has 3 N–H and O–H groups in total. The molecule has 3 aliphatic heterocycles. The average Bonchev–Trinajstić information content (AvgIpc) is 3.82. The van der Waals surface area contributed by atoms with Gasteiger partial charge in [-0.05, 0) is 81.0 Å². The van der Waals surface area contributed by atoms with Gasteiger partial charge in [-0.25, -0.2) is 8.42 Å². The molecule has 3 aromatic rings. The first-order valence-corrected chi connectivity index (χ1v) is 22.5. The van der Waals surface area contributed by atoms with Gasteiger partial charge in [-0.15, -0.1) is 32.3 Å². The summed E-state index contributed by atoms with van der Waals surface area (Å²) in [4.78, 5) is 73.0. The number of hydrogen-bond donors (Lipinski definition) is 3. The number of carbonyl (C=O) groups is 4. The summed E-state index contributed by atoms with van der Waals surface area (Å²) in [5.41, 5.74) is 4.01. The van der Waals surface area contributed by atoms with Gasteiger partial charge in [0.2, 0.25) is 33.3 Å². The normalized spacial score (nSPS) is 16.9. The second-order valence-corrected chi connectivity index (χ2v) is 18.8. The van der Waals surface area contributed by atoms with Crippen molar-refractivity contribution in [3.63, 3.8) is 0 Å². The summed E-state index contributed by atoms with van der Waals surface area (Å²) in [7, 11) is -3.74. The van der Waals surface area contributed by atoms with E-state index in [-0.39, 0.29) is 36.6 Å². The molecule has 2 saturated heterocycles. The highest BCUT2D eigenvalue weighted by Gasteiger charge is 2.39. The molecule has 2 aromatic heterocycles. The first-order valence-electron chi connectivity index (χ1n) is 21.0. The Balaban J connectivity index is 0.000000297. The number of aromatic amines is 1. The highest BCUT2D eigenvalue weighted by Crippen LogP contribution is 2.34. The van der Waals surface area contributed by atoms with Crippen molar-refractivity contribution in [1.82, 2.24) is 29.8 Å². The first-order chi connectivity index (χ1) is 29.6. The largest absolute Gasteiger partial charge is 0.493 e. The lowest BCUT2D eigenvalue weighted by atomic mass is 10.0. The number of carbonyl (C=O) groups excluding carboxylic acids is 4.